The van der Waals surface area contributed by atoms with E-state index >= 15 is 0 Å². The van der Waals surface area contributed by atoms with Gasteiger partial charge in [-0.3, -0.25) is 4.79 Å². The van der Waals surface area contributed by atoms with E-state index < -0.39 is 0 Å². The third-order valence-corrected chi connectivity index (χ3v) is 4.07. The van der Waals surface area contributed by atoms with Gasteiger partial charge in [-0.25, -0.2) is 0 Å². The minimum absolute atomic E-state index is 0.117. The minimum atomic E-state index is -0.249. The van der Waals surface area contributed by atoms with Crippen LogP contribution >= 0.6 is 15.9 Å². The first kappa shape index (κ1) is 12.6. The summed E-state index contributed by atoms with van der Waals surface area (Å²) >= 11 is 3.44. The van der Waals surface area contributed by atoms with Gasteiger partial charge in [0.05, 0.1) is 5.69 Å². The van der Waals surface area contributed by atoms with Gasteiger partial charge < -0.3 is 10.6 Å². The largest absolute Gasteiger partial charge is 0.325 e. The highest BCUT2D eigenvalue weighted by atomic mass is 79.9. The van der Waals surface area contributed by atoms with Crippen LogP contribution in [0.4, 0.5) is 5.69 Å². The Bertz CT molecular complexity index is 414. The summed E-state index contributed by atoms with van der Waals surface area (Å²) in [6.45, 7) is 3.87. The smallest absolute Gasteiger partial charge is 0.230 e. The Morgan fingerprint density at radius 1 is 1.35 bits per heavy atom. The standard InChI is InChI=1S/C13H17BrN2O/c1-13(6-8-15-9-7-13)12(17)16-11-5-3-2-4-10(11)14/h2-5,15H,6-9H2,1H3,(H,16,17). The molecule has 4 heteroatoms. The second-order valence-electron chi connectivity index (χ2n) is 4.74. The van der Waals surface area contributed by atoms with E-state index in [1.54, 1.807) is 0 Å². The zero-order chi connectivity index (χ0) is 12.3. The lowest BCUT2D eigenvalue weighted by atomic mass is 9.80. The number of carbonyl (C=O) groups excluding carboxylic acids is 1. The highest BCUT2D eigenvalue weighted by molar-refractivity contribution is 9.10. The Labute approximate surface area is 110 Å². The van der Waals surface area contributed by atoms with E-state index in [0.717, 1.165) is 36.1 Å². The van der Waals surface area contributed by atoms with Crippen LogP contribution in [-0.2, 0) is 4.79 Å². The second-order valence-corrected chi connectivity index (χ2v) is 5.60. The number of benzene rings is 1. The first-order valence-electron chi connectivity index (χ1n) is 5.88. The number of piperidine rings is 1. The average Bonchev–Trinajstić information content (AvgIpc) is 2.33. The van der Waals surface area contributed by atoms with Crippen molar-refractivity contribution in [2.24, 2.45) is 5.41 Å². The number of hydrogen-bond donors (Lipinski definition) is 2. The van der Waals surface area contributed by atoms with Gasteiger partial charge in [-0.05, 0) is 54.0 Å². The number of carbonyl (C=O) groups is 1. The molecule has 2 N–H and O–H groups in total. The fraction of sp³-hybridized carbons (Fsp3) is 0.462. The summed E-state index contributed by atoms with van der Waals surface area (Å²) in [6, 6.07) is 7.70. The highest BCUT2D eigenvalue weighted by Gasteiger charge is 2.34. The third kappa shape index (κ3) is 2.87. The molecule has 1 aliphatic heterocycles. The van der Waals surface area contributed by atoms with Crippen molar-refractivity contribution >= 4 is 27.5 Å². The molecule has 1 amide bonds. The van der Waals surface area contributed by atoms with Crippen molar-refractivity contribution in [1.82, 2.24) is 5.32 Å². The zero-order valence-corrected chi connectivity index (χ0v) is 11.5. The van der Waals surface area contributed by atoms with Gasteiger partial charge in [0.1, 0.15) is 0 Å². The van der Waals surface area contributed by atoms with Crippen LogP contribution in [-0.4, -0.2) is 19.0 Å². The lowest BCUT2D eigenvalue weighted by Gasteiger charge is -2.32. The molecule has 0 aromatic heterocycles. The molecule has 1 heterocycles. The van der Waals surface area contributed by atoms with E-state index in [9.17, 15) is 4.79 Å². The normalized spacial score (nSPS) is 18.7. The maximum atomic E-state index is 12.3. The monoisotopic (exact) mass is 296 g/mol. The summed E-state index contributed by atoms with van der Waals surface area (Å²) in [5.41, 5.74) is 0.595. The topological polar surface area (TPSA) is 41.1 Å². The van der Waals surface area contributed by atoms with Crippen LogP contribution in [0.3, 0.4) is 0 Å². The molecule has 17 heavy (non-hydrogen) atoms. The van der Waals surface area contributed by atoms with Gasteiger partial charge >= 0.3 is 0 Å². The zero-order valence-electron chi connectivity index (χ0n) is 9.92. The molecular weight excluding hydrogens is 280 g/mol. The maximum Gasteiger partial charge on any atom is 0.230 e. The van der Waals surface area contributed by atoms with Crippen molar-refractivity contribution in [3.8, 4) is 0 Å². The van der Waals surface area contributed by atoms with Crippen molar-refractivity contribution < 1.29 is 4.79 Å². The molecular formula is C13H17BrN2O. The van der Waals surface area contributed by atoms with Gasteiger partial charge in [0.15, 0.2) is 0 Å². The molecule has 0 radical (unpaired) electrons. The molecule has 0 aliphatic carbocycles. The number of amides is 1. The number of nitrogens with one attached hydrogen (secondary N) is 2. The molecule has 0 saturated carbocycles. The quantitative estimate of drug-likeness (QED) is 0.881. The first-order valence-corrected chi connectivity index (χ1v) is 6.68. The summed E-state index contributed by atoms with van der Waals surface area (Å²) in [5, 5.41) is 6.29. The predicted molar refractivity (Wildman–Crippen MR) is 73.0 cm³/mol. The lowest BCUT2D eigenvalue weighted by molar-refractivity contribution is -0.126. The first-order chi connectivity index (χ1) is 8.12. The minimum Gasteiger partial charge on any atom is -0.325 e. The molecule has 1 aromatic carbocycles. The van der Waals surface area contributed by atoms with Crippen molar-refractivity contribution in [3.05, 3.63) is 28.7 Å². The van der Waals surface area contributed by atoms with E-state index in [4.69, 9.17) is 0 Å². The Morgan fingerprint density at radius 3 is 2.65 bits per heavy atom. The molecule has 0 atom stereocenters. The van der Waals surface area contributed by atoms with Crippen LogP contribution in [0, 0.1) is 5.41 Å². The van der Waals surface area contributed by atoms with Crippen molar-refractivity contribution in [2.75, 3.05) is 18.4 Å². The van der Waals surface area contributed by atoms with Crippen LogP contribution in [0.2, 0.25) is 0 Å². The van der Waals surface area contributed by atoms with Crippen LogP contribution in [0.5, 0.6) is 0 Å². The molecule has 1 aliphatic rings. The van der Waals surface area contributed by atoms with Crippen molar-refractivity contribution in [1.29, 1.82) is 0 Å². The fourth-order valence-corrected chi connectivity index (χ4v) is 2.43. The van der Waals surface area contributed by atoms with Gasteiger partial charge in [-0.2, -0.15) is 0 Å². The molecule has 2 rings (SSSR count). The van der Waals surface area contributed by atoms with E-state index in [0.29, 0.717) is 0 Å². The Morgan fingerprint density at radius 2 is 2.00 bits per heavy atom. The summed E-state index contributed by atoms with van der Waals surface area (Å²) in [4.78, 5) is 12.3. The maximum absolute atomic E-state index is 12.3. The molecule has 0 spiro atoms. The predicted octanol–water partition coefficient (Wildman–Crippen LogP) is 2.78. The summed E-state index contributed by atoms with van der Waals surface area (Å²) in [6.07, 6.45) is 1.78. The van der Waals surface area contributed by atoms with Crippen molar-refractivity contribution in [3.63, 3.8) is 0 Å². The van der Waals surface area contributed by atoms with E-state index in [-0.39, 0.29) is 11.3 Å². The number of para-hydroxylation sites is 1. The molecule has 3 nitrogen and oxygen atoms in total. The van der Waals surface area contributed by atoms with E-state index in [1.807, 2.05) is 31.2 Å². The van der Waals surface area contributed by atoms with E-state index in [2.05, 4.69) is 26.6 Å². The van der Waals surface area contributed by atoms with Crippen LogP contribution in [0.25, 0.3) is 0 Å². The third-order valence-electron chi connectivity index (χ3n) is 3.38. The number of rotatable bonds is 2. The van der Waals surface area contributed by atoms with Gasteiger partial charge in [-0.1, -0.05) is 19.1 Å². The van der Waals surface area contributed by atoms with Gasteiger partial charge in [0.2, 0.25) is 5.91 Å². The number of anilines is 1. The molecule has 0 unspecified atom stereocenters. The SMILES string of the molecule is CC1(C(=O)Nc2ccccc2Br)CCNCC1. The van der Waals surface area contributed by atoms with Crippen molar-refractivity contribution in [2.45, 2.75) is 19.8 Å². The number of hydrogen-bond acceptors (Lipinski definition) is 2. The molecule has 1 aromatic rings. The second kappa shape index (κ2) is 5.19. The highest BCUT2D eigenvalue weighted by Crippen LogP contribution is 2.31. The Balaban J connectivity index is 2.08. The Hall–Kier alpha value is -0.870. The van der Waals surface area contributed by atoms with Crippen LogP contribution in [0.1, 0.15) is 19.8 Å². The van der Waals surface area contributed by atoms with Crippen LogP contribution in [0.15, 0.2) is 28.7 Å². The van der Waals surface area contributed by atoms with E-state index in [1.165, 1.54) is 0 Å². The van der Waals surface area contributed by atoms with Gasteiger partial charge in [0.25, 0.3) is 0 Å². The molecule has 92 valence electrons. The molecule has 0 bridgehead atoms. The fourth-order valence-electron chi connectivity index (χ4n) is 2.04. The van der Waals surface area contributed by atoms with Gasteiger partial charge in [-0.15, -0.1) is 0 Å². The molecule has 1 fully saturated rings. The summed E-state index contributed by atoms with van der Waals surface area (Å²) in [5.74, 6) is 0.117. The van der Waals surface area contributed by atoms with Gasteiger partial charge in [0, 0.05) is 9.89 Å². The summed E-state index contributed by atoms with van der Waals surface area (Å²) in [7, 11) is 0. The lowest BCUT2D eigenvalue weighted by Crippen LogP contribution is -2.42. The summed E-state index contributed by atoms with van der Waals surface area (Å²) < 4.78 is 0.922. The number of halogens is 1. The molecule has 1 saturated heterocycles. The Kier molecular flexibility index (Phi) is 3.84. The average molecular weight is 297 g/mol. The van der Waals surface area contributed by atoms with Crippen LogP contribution < -0.4 is 10.6 Å².